The lowest BCUT2D eigenvalue weighted by atomic mass is 9.86. The van der Waals surface area contributed by atoms with Gasteiger partial charge in [0.2, 0.25) is 0 Å². The standard InChI is InChI=1S/C19H15NO3S/c1-22-15-6-7-16-12(10-15)4-5-13(18(16)21)9-14-11-24-19(20-14)17-3-2-8-23-17/h2-3,6-11H,4-5H2,1H3/b13-9-. The molecule has 4 rings (SSSR count). The van der Waals surface area contributed by atoms with Crippen molar-refractivity contribution in [2.24, 2.45) is 0 Å². The van der Waals surface area contributed by atoms with Crippen LogP contribution >= 0.6 is 11.3 Å². The van der Waals surface area contributed by atoms with Crippen LogP contribution in [0.25, 0.3) is 16.8 Å². The number of carbonyl (C=O) groups is 1. The van der Waals surface area contributed by atoms with Crippen LogP contribution in [-0.2, 0) is 6.42 Å². The van der Waals surface area contributed by atoms with E-state index in [-0.39, 0.29) is 5.78 Å². The van der Waals surface area contributed by atoms with Crippen LogP contribution in [0.1, 0.15) is 28.0 Å². The van der Waals surface area contributed by atoms with Gasteiger partial charge in [0.25, 0.3) is 0 Å². The molecule has 0 radical (unpaired) electrons. The van der Waals surface area contributed by atoms with Crippen molar-refractivity contribution in [1.82, 2.24) is 4.98 Å². The highest BCUT2D eigenvalue weighted by Gasteiger charge is 2.22. The van der Waals surface area contributed by atoms with Gasteiger partial charge in [0.15, 0.2) is 16.6 Å². The second kappa shape index (κ2) is 6.09. The maximum Gasteiger partial charge on any atom is 0.189 e. The molecule has 1 aliphatic carbocycles. The zero-order valence-corrected chi connectivity index (χ0v) is 13.9. The van der Waals surface area contributed by atoms with Crippen LogP contribution in [0.15, 0.2) is 52.0 Å². The van der Waals surface area contributed by atoms with Crippen LogP contribution in [0, 0.1) is 0 Å². The SMILES string of the molecule is COc1ccc2c(c1)CC/C(=C/c1csc(-c3ccco3)n1)C2=O. The molecule has 0 saturated heterocycles. The number of hydrogen-bond donors (Lipinski definition) is 0. The molecule has 2 aromatic heterocycles. The van der Waals surface area contributed by atoms with E-state index in [0.29, 0.717) is 6.42 Å². The number of Topliss-reactive ketones (excluding diaryl/α,β-unsaturated/α-hetero) is 1. The normalized spacial score (nSPS) is 15.5. The highest BCUT2D eigenvalue weighted by atomic mass is 32.1. The Balaban J connectivity index is 1.63. The highest BCUT2D eigenvalue weighted by molar-refractivity contribution is 7.13. The van der Waals surface area contributed by atoms with Crippen LogP contribution in [0.4, 0.5) is 0 Å². The minimum absolute atomic E-state index is 0.0754. The van der Waals surface area contributed by atoms with Crippen molar-refractivity contribution < 1.29 is 13.9 Å². The minimum atomic E-state index is 0.0754. The van der Waals surface area contributed by atoms with Gasteiger partial charge in [-0.05, 0) is 54.8 Å². The number of carbonyl (C=O) groups excluding carboxylic acids is 1. The molecule has 0 unspecified atom stereocenters. The summed E-state index contributed by atoms with van der Waals surface area (Å²) >= 11 is 1.51. The van der Waals surface area contributed by atoms with Crippen LogP contribution in [0.3, 0.4) is 0 Å². The topological polar surface area (TPSA) is 52.3 Å². The van der Waals surface area contributed by atoms with Crippen molar-refractivity contribution in [2.75, 3.05) is 7.11 Å². The van der Waals surface area contributed by atoms with Gasteiger partial charge in [-0.15, -0.1) is 11.3 Å². The Labute approximate surface area is 143 Å². The molecule has 3 aromatic rings. The lowest BCUT2D eigenvalue weighted by Gasteiger charge is -2.18. The smallest absolute Gasteiger partial charge is 0.189 e. The third kappa shape index (κ3) is 2.67. The third-order valence-corrected chi connectivity index (χ3v) is 4.96. The summed E-state index contributed by atoms with van der Waals surface area (Å²) in [6, 6.07) is 9.34. The van der Waals surface area contributed by atoms with Gasteiger partial charge >= 0.3 is 0 Å². The van der Waals surface area contributed by atoms with E-state index < -0.39 is 0 Å². The Morgan fingerprint density at radius 3 is 3.00 bits per heavy atom. The lowest BCUT2D eigenvalue weighted by Crippen LogP contribution is -2.14. The molecule has 0 saturated carbocycles. The average molecular weight is 337 g/mol. The number of aromatic nitrogens is 1. The summed E-state index contributed by atoms with van der Waals surface area (Å²) in [6.07, 6.45) is 5.06. The summed E-state index contributed by atoms with van der Waals surface area (Å²) in [5.74, 6) is 1.61. The zero-order valence-electron chi connectivity index (χ0n) is 13.1. The maximum absolute atomic E-state index is 12.7. The number of allylic oxidation sites excluding steroid dienone is 1. The van der Waals surface area contributed by atoms with Crippen molar-refractivity contribution in [3.63, 3.8) is 0 Å². The molecular formula is C19H15NO3S. The summed E-state index contributed by atoms with van der Waals surface area (Å²) in [4.78, 5) is 17.2. The molecule has 0 bridgehead atoms. The second-order valence-electron chi connectivity index (χ2n) is 5.58. The fraction of sp³-hybridized carbons (Fsp3) is 0.158. The minimum Gasteiger partial charge on any atom is -0.497 e. The van der Waals surface area contributed by atoms with Gasteiger partial charge < -0.3 is 9.15 Å². The van der Waals surface area contributed by atoms with E-state index in [0.717, 1.165) is 45.3 Å². The molecule has 0 aliphatic heterocycles. The molecule has 5 heteroatoms. The second-order valence-corrected chi connectivity index (χ2v) is 6.43. The van der Waals surface area contributed by atoms with Crippen molar-refractivity contribution in [2.45, 2.75) is 12.8 Å². The van der Waals surface area contributed by atoms with Crippen molar-refractivity contribution in [3.8, 4) is 16.5 Å². The third-order valence-electron chi connectivity index (χ3n) is 4.09. The van der Waals surface area contributed by atoms with E-state index in [1.807, 2.05) is 41.8 Å². The average Bonchev–Trinajstić information content (AvgIpc) is 3.28. The van der Waals surface area contributed by atoms with Gasteiger partial charge in [-0.25, -0.2) is 4.98 Å². The lowest BCUT2D eigenvalue weighted by molar-refractivity contribution is 0.102. The van der Waals surface area contributed by atoms with E-state index in [4.69, 9.17) is 9.15 Å². The van der Waals surface area contributed by atoms with Crippen LogP contribution < -0.4 is 4.74 Å². The number of benzene rings is 1. The molecule has 0 N–H and O–H groups in total. The summed E-state index contributed by atoms with van der Waals surface area (Å²) in [7, 11) is 1.64. The predicted molar refractivity (Wildman–Crippen MR) is 93.4 cm³/mol. The number of fused-ring (bicyclic) bond motifs is 1. The van der Waals surface area contributed by atoms with Gasteiger partial charge in [0, 0.05) is 16.5 Å². The van der Waals surface area contributed by atoms with E-state index in [9.17, 15) is 4.79 Å². The Hall–Kier alpha value is -2.66. The summed E-state index contributed by atoms with van der Waals surface area (Å²) in [5.41, 5.74) is 3.40. The Bertz CT molecular complexity index is 922. The van der Waals surface area contributed by atoms with Gasteiger partial charge in [-0.1, -0.05) is 0 Å². The van der Waals surface area contributed by atoms with E-state index in [1.165, 1.54) is 11.3 Å². The first-order valence-corrected chi connectivity index (χ1v) is 8.54. The number of aryl methyl sites for hydroxylation is 1. The van der Waals surface area contributed by atoms with Crippen molar-refractivity contribution >= 4 is 23.2 Å². The number of ketones is 1. The van der Waals surface area contributed by atoms with Gasteiger partial charge in [-0.3, -0.25) is 4.79 Å². The first-order valence-electron chi connectivity index (χ1n) is 7.66. The fourth-order valence-electron chi connectivity index (χ4n) is 2.86. The maximum atomic E-state index is 12.7. The van der Waals surface area contributed by atoms with Crippen LogP contribution in [0.5, 0.6) is 5.75 Å². The Morgan fingerprint density at radius 1 is 1.29 bits per heavy atom. The molecular weight excluding hydrogens is 322 g/mol. The van der Waals surface area contributed by atoms with Gasteiger partial charge in [0.1, 0.15) is 5.75 Å². The number of ether oxygens (including phenoxy) is 1. The summed E-state index contributed by atoms with van der Waals surface area (Å²) in [6.45, 7) is 0. The first-order chi connectivity index (χ1) is 11.7. The molecule has 0 amide bonds. The number of nitrogens with zero attached hydrogens (tertiary/aromatic N) is 1. The molecule has 4 nitrogen and oxygen atoms in total. The largest absolute Gasteiger partial charge is 0.497 e. The molecule has 24 heavy (non-hydrogen) atoms. The quantitative estimate of drug-likeness (QED) is 0.654. The Kier molecular flexibility index (Phi) is 3.78. The molecule has 120 valence electrons. The molecule has 0 atom stereocenters. The summed E-state index contributed by atoms with van der Waals surface area (Å²) in [5, 5.41) is 2.77. The monoisotopic (exact) mass is 337 g/mol. The number of hydrogen-bond acceptors (Lipinski definition) is 5. The molecule has 0 spiro atoms. The van der Waals surface area contributed by atoms with Crippen molar-refractivity contribution in [1.29, 1.82) is 0 Å². The van der Waals surface area contributed by atoms with E-state index in [2.05, 4.69) is 4.98 Å². The van der Waals surface area contributed by atoms with Gasteiger partial charge in [-0.2, -0.15) is 0 Å². The Morgan fingerprint density at radius 2 is 2.21 bits per heavy atom. The number of methoxy groups -OCH3 is 1. The number of furan rings is 1. The number of rotatable bonds is 3. The van der Waals surface area contributed by atoms with Gasteiger partial charge in [0.05, 0.1) is 19.1 Å². The first kappa shape index (κ1) is 14.9. The molecule has 0 fully saturated rings. The zero-order chi connectivity index (χ0) is 16.5. The summed E-state index contributed by atoms with van der Waals surface area (Å²) < 4.78 is 10.6. The fourth-order valence-corrected chi connectivity index (χ4v) is 3.61. The number of thiazole rings is 1. The van der Waals surface area contributed by atoms with E-state index >= 15 is 0 Å². The van der Waals surface area contributed by atoms with Crippen LogP contribution in [0.2, 0.25) is 0 Å². The molecule has 1 aromatic carbocycles. The van der Waals surface area contributed by atoms with Crippen molar-refractivity contribution in [3.05, 3.63) is 64.4 Å². The van der Waals surface area contributed by atoms with E-state index in [1.54, 1.807) is 13.4 Å². The predicted octanol–water partition coefficient (Wildman–Crippen LogP) is 4.62. The molecule has 2 heterocycles. The van der Waals surface area contributed by atoms with Crippen LogP contribution in [-0.4, -0.2) is 17.9 Å². The molecule has 1 aliphatic rings. The highest BCUT2D eigenvalue weighted by Crippen LogP contribution is 2.30.